The second kappa shape index (κ2) is 4.72. The molecule has 1 aromatic carbocycles. The number of hydrogen-bond donors (Lipinski definition) is 0. The molecule has 0 atom stereocenters. The van der Waals surface area contributed by atoms with Crippen LogP contribution in [0.4, 0.5) is 5.69 Å². The Morgan fingerprint density at radius 3 is 3.11 bits per heavy atom. The van der Waals surface area contributed by atoms with Crippen molar-refractivity contribution in [2.75, 3.05) is 18.1 Å². The largest absolute Gasteiger partial charge is 0.439 e. The second-order valence-electron chi connectivity index (χ2n) is 4.32. The van der Waals surface area contributed by atoms with Crippen LogP contribution in [0.1, 0.15) is 11.4 Å². The molecule has 0 unspecified atom stereocenters. The Hall–Kier alpha value is -2.37. The maximum absolute atomic E-state index is 12.1. The number of carbonyl (C=O) groups excluding carboxylic acids is 1. The number of nitrogens with zero attached hydrogens (tertiary/aromatic N) is 3. The minimum Gasteiger partial charge on any atom is -0.439 e. The first-order valence-electron chi connectivity index (χ1n) is 6.05. The van der Waals surface area contributed by atoms with Crippen LogP contribution in [0.2, 0.25) is 0 Å². The average molecular weight is 259 g/mol. The number of hydrogen-bond acceptors (Lipinski definition) is 5. The molecule has 1 aliphatic rings. The van der Waals surface area contributed by atoms with Crippen molar-refractivity contribution in [3.05, 3.63) is 35.7 Å². The lowest BCUT2D eigenvalue weighted by Gasteiger charge is -2.16. The zero-order chi connectivity index (χ0) is 13.2. The van der Waals surface area contributed by atoms with Crippen molar-refractivity contribution in [3.8, 4) is 6.08 Å². The number of amides is 1. The van der Waals surface area contributed by atoms with E-state index in [1.54, 1.807) is 11.8 Å². The molecule has 0 N–H and O–H groups in total. The highest BCUT2D eigenvalue weighted by atomic mass is 16.6. The SMILES string of the molecule is Cc1noc(OCC(=O)N2CCc3ccccc32)n1. The summed E-state index contributed by atoms with van der Waals surface area (Å²) in [6, 6.07) is 7.87. The van der Waals surface area contributed by atoms with Gasteiger partial charge in [-0.25, -0.2) is 0 Å². The molecule has 0 radical (unpaired) electrons. The predicted molar refractivity (Wildman–Crippen MR) is 67.0 cm³/mol. The number of para-hydroxylation sites is 1. The van der Waals surface area contributed by atoms with Crippen LogP contribution in [0.5, 0.6) is 6.08 Å². The van der Waals surface area contributed by atoms with Gasteiger partial charge >= 0.3 is 6.08 Å². The normalized spacial score (nSPS) is 13.4. The van der Waals surface area contributed by atoms with Crippen molar-refractivity contribution >= 4 is 11.6 Å². The first kappa shape index (κ1) is 11.7. The third kappa shape index (κ3) is 2.29. The molecule has 0 fully saturated rings. The number of ether oxygens (including phenoxy) is 1. The fraction of sp³-hybridized carbons (Fsp3) is 0.308. The average Bonchev–Trinajstić information content (AvgIpc) is 3.02. The van der Waals surface area contributed by atoms with E-state index in [0.29, 0.717) is 12.4 Å². The summed E-state index contributed by atoms with van der Waals surface area (Å²) < 4.78 is 9.98. The molecule has 0 spiro atoms. The monoisotopic (exact) mass is 259 g/mol. The Balaban J connectivity index is 1.66. The number of fused-ring (bicyclic) bond motifs is 1. The highest BCUT2D eigenvalue weighted by Crippen LogP contribution is 2.27. The molecule has 2 aromatic rings. The lowest BCUT2D eigenvalue weighted by molar-refractivity contribution is -0.120. The van der Waals surface area contributed by atoms with E-state index in [1.165, 1.54) is 5.56 Å². The molecular formula is C13H13N3O3. The minimum absolute atomic E-state index is 0.0262. The Morgan fingerprint density at radius 2 is 2.32 bits per heavy atom. The fourth-order valence-corrected chi connectivity index (χ4v) is 2.14. The molecule has 0 aliphatic carbocycles. The summed E-state index contributed by atoms with van der Waals surface area (Å²) in [5, 5.41) is 3.59. The number of anilines is 1. The van der Waals surface area contributed by atoms with Crippen molar-refractivity contribution in [3.63, 3.8) is 0 Å². The van der Waals surface area contributed by atoms with E-state index < -0.39 is 0 Å². The van der Waals surface area contributed by atoms with Crippen molar-refractivity contribution in [2.24, 2.45) is 0 Å². The number of aromatic nitrogens is 2. The van der Waals surface area contributed by atoms with Gasteiger partial charge in [0.15, 0.2) is 12.4 Å². The van der Waals surface area contributed by atoms with Crippen molar-refractivity contribution in [1.29, 1.82) is 0 Å². The van der Waals surface area contributed by atoms with Gasteiger partial charge in [0.2, 0.25) is 0 Å². The molecule has 0 saturated carbocycles. The third-order valence-electron chi connectivity index (χ3n) is 3.02. The van der Waals surface area contributed by atoms with E-state index in [4.69, 9.17) is 9.26 Å². The summed E-state index contributed by atoms with van der Waals surface area (Å²) >= 11 is 0. The van der Waals surface area contributed by atoms with Crippen molar-refractivity contribution in [2.45, 2.75) is 13.3 Å². The van der Waals surface area contributed by atoms with E-state index in [1.807, 2.05) is 24.3 Å². The Kier molecular flexibility index (Phi) is 2.91. The smallest absolute Gasteiger partial charge is 0.417 e. The summed E-state index contributed by atoms with van der Waals surface area (Å²) in [7, 11) is 0. The molecule has 6 heteroatoms. The van der Waals surface area contributed by atoms with E-state index in [9.17, 15) is 4.79 Å². The first-order valence-corrected chi connectivity index (χ1v) is 6.05. The molecule has 6 nitrogen and oxygen atoms in total. The number of carbonyl (C=O) groups is 1. The number of aryl methyl sites for hydroxylation is 1. The molecule has 3 rings (SSSR count). The molecule has 1 aliphatic heterocycles. The van der Waals surface area contributed by atoms with Crippen LogP contribution in [-0.2, 0) is 11.2 Å². The van der Waals surface area contributed by atoms with Crippen LogP contribution in [0.25, 0.3) is 0 Å². The van der Waals surface area contributed by atoms with Crippen LogP contribution in [0, 0.1) is 6.92 Å². The summed E-state index contributed by atoms with van der Waals surface area (Å²) in [4.78, 5) is 17.7. The maximum Gasteiger partial charge on any atom is 0.417 e. The summed E-state index contributed by atoms with van der Waals surface area (Å²) in [6.07, 6.45) is 0.903. The van der Waals surface area contributed by atoms with E-state index in [0.717, 1.165) is 12.1 Å². The molecule has 0 bridgehead atoms. The predicted octanol–water partition coefficient (Wildman–Crippen LogP) is 1.35. The Morgan fingerprint density at radius 1 is 1.47 bits per heavy atom. The molecule has 0 saturated heterocycles. The van der Waals surface area contributed by atoms with Crippen molar-refractivity contribution in [1.82, 2.24) is 10.1 Å². The van der Waals surface area contributed by atoms with Gasteiger partial charge in [0.05, 0.1) is 0 Å². The highest BCUT2D eigenvalue weighted by molar-refractivity contribution is 5.96. The van der Waals surface area contributed by atoms with Gasteiger partial charge in [-0.2, -0.15) is 4.98 Å². The standard InChI is InChI=1S/C13H13N3O3/c1-9-14-13(19-15-9)18-8-12(17)16-7-6-10-4-2-3-5-11(10)16/h2-5H,6-8H2,1H3. The second-order valence-corrected chi connectivity index (χ2v) is 4.32. The maximum atomic E-state index is 12.1. The van der Waals surface area contributed by atoms with Gasteiger partial charge in [-0.05, 0) is 25.0 Å². The van der Waals surface area contributed by atoms with E-state index in [-0.39, 0.29) is 18.6 Å². The lowest BCUT2D eigenvalue weighted by atomic mass is 10.2. The summed E-state index contributed by atoms with van der Waals surface area (Å²) in [6.45, 7) is 2.27. The molecule has 19 heavy (non-hydrogen) atoms. The molecule has 1 aromatic heterocycles. The third-order valence-corrected chi connectivity index (χ3v) is 3.02. The molecule has 1 amide bonds. The quantitative estimate of drug-likeness (QED) is 0.832. The van der Waals surface area contributed by atoms with Gasteiger partial charge < -0.3 is 9.64 Å². The molecule has 2 heterocycles. The van der Waals surface area contributed by atoms with Gasteiger partial charge in [-0.1, -0.05) is 23.4 Å². The fourth-order valence-electron chi connectivity index (χ4n) is 2.14. The first-order chi connectivity index (χ1) is 9.24. The number of rotatable bonds is 3. The topological polar surface area (TPSA) is 68.5 Å². The Bertz CT molecular complexity index is 609. The van der Waals surface area contributed by atoms with E-state index >= 15 is 0 Å². The number of benzene rings is 1. The van der Waals surface area contributed by atoms with Gasteiger partial charge in [-0.15, -0.1) is 0 Å². The lowest BCUT2D eigenvalue weighted by Crippen LogP contribution is -2.33. The van der Waals surface area contributed by atoms with Crippen LogP contribution in [0.15, 0.2) is 28.8 Å². The van der Waals surface area contributed by atoms with Crippen molar-refractivity contribution < 1.29 is 14.1 Å². The van der Waals surface area contributed by atoms with Gasteiger partial charge in [0.1, 0.15) is 0 Å². The Labute approximate surface area is 110 Å². The van der Waals surface area contributed by atoms with Gasteiger partial charge in [0, 0.05) is 12.2 Å². The summed E-state index contributed by atoms with van der Waals surface area (Å²) in [5.41, 5.74) is 2.14. The van der Waals surface area contributed by atoms with Gasteiger partial charge in [0.25, 0.3) is 5.91 Å². The molecular weight excluding hydrogens is 246 g/mol. The summed E-state index contributed by atoms with van der Waals surface area (Å²) in [5.74, 6) is 0.370. The zero-order valence-corrected chi connectivity index (χ0v) is 10.5. The van der Waals surface area contributed by atoms with Crippen LogP contribution in [-0.4, -0.2) is 29.2 Å². The molecule has 98 valence electrons. The highest BCUT2D eigenvalue weighted by Gasteiger charge is 2.24. The van der Waals surface area contributed by atoms with Gasteiger partial charge in [-0.3, -0.25) is 9.32 Å². The van der Waals surface area contributed by atoms with Crippen LogP contribution in [0.3, 0.4) is 0 Å². The zero-order valence-electron chi connectivity index (χ0n) is 10.5. The van der Waals surface area contributed by atoms with Crippen LogP contribution < -0.4 is 9.64 Å². The van der Waals surface area contributed by atoms with E-state index in [2.05, 4.69) is 10.1 Å². The minimum atomic E-state index is -0.110. The van der Waals surface area contributed by atoms with Crippen LogP contribution >= 0.6 is 0 Å².